The summed E-state index contributed by atoms with van der Waals surface area (Å²) in [5.41, 5.74) is 6.50. The molecule has 0 fully saturated rings. The molecule has 1 heterocycles. The van der Waals surface area contributed by atoms with Crippen molar-refractivity contribution >= 4 is 51.6 Å². The van der Waals surface area contributed by atoms with E-state index >= 15 is 0 Å². The molecule has 0 aliphatic rings. The van der Waals surface area contributed by atoms with Crippen molar-refractivity contribution in [2.75, 3.05) is 16.1 Å². The lowest BCUT2D eigenvalue weighted by Gasteiger charge is -2.13. The lowest BCUT2D eigenvalue weighted by Crippen LogP contribution is -2.36. The van der Waals surface area contributed by atoms with Gasteiger partial charge in [0, 0.05) is 21.8 Å². The van der Waals surface area contributed by atoms with Crippen LogP contribution in [0.3, 0.4) is 0 Å². The van der Waals surface area contributed by atoms with Crippen molar-refractivity contribution in [2.45, 2.75) is 33.1 Å². The number of rotatable bonds is 7. The molecule has 0 radical (unpaired) electrons. The number of carbonyl (C=O) groups is 3. The average molecular weight is 503 g/mol. The molecule has 0 bridgehead atoms. The summed E-state index contributed by atoms with van der Waals surface area (Å²) < 4.78 is 1.30. The van der Waals surface area contributed by atoms with Crippen LogP contribution in [0.1, 0.15) is 41.4 Å². The summed E-state index contributed by atoms with van der Waals surface area (Å²) in [5.74, 6) is -2.21. The van der Waals surface area contributed by atoms with Crippen LogP contribution >= 0.6 is 11.6 Å². The first-order chi connectivity index (χ1) is 17.3. The Labute approximate surface area is 214 Å². The monoisotopic (exact) mass is 502 g/mol. The first-order valence-electron chi connectivity index (χ1n) is 11.7. The van der Waals surface area contributed by atoms with Crippen LogP contribution < -0.4 is 16.1 Å². The number of amides is 3. The Morgan fingerprint density at radius 2 is 1.64 bits per heavy atom. The number of aromatic nitrogens is 1. The van der Waals surface area contributed by atoms with E-state index in [-0.39, 0.29) is 5.69 Å². The van der Waals surface area contributed by atoms with Crippen molar-refractivity contribution in [1.29, 1.82) is 0 Å². The normalized spacial score (nSPS) is 10.8. The number of anilines is 2. The fourth-order valence-electron chi connectivity index (χ4n) is 3.87. The zero-order valence-corrected chi connectivity index (χ0v) is 20.9. The van der Waals surface area contributed by atoms with E-state index in [2.05, 4.69) is 23.0 Å². The second-order valence-electron chi connectivity index (χ2n) is 8.59. The minimum Gasteiger partial charge on any atom is -0.321 e. The molecule has 0 saturated carbocycles. The van der Waals surface area contributed by atoms with E-state index in [0.717, 1.165) is 24.8 Å². The summed E-state index contributed by atoms with van der Waals surface area (Å²) in [6, 6.07) is 21.4. The number of halogens is 1. The SMILES string of the molecule is CCCCc1ccc(NC(=O)C(=O)Nn2c(C(=O)Nc3cccc(C)c3)cc3cc(Cl)ccc32)cc1. The number of carbonyl (C=O) groups excluding carboxylic acids is 3. The van der Waals surface area contributed by atoms with Crippen molar-refractivity contribution in [2.24, 2.45) is 0 Å². The van der Waals surface area contributed by atoms with Crippen molar-refractivity contribution in [3.05, 3.63) is 94.6 Å². The Morgan fingerprint density at radius 3 is 2.36 bits per heavy atom. The van der Waals surface area contributed by atoms with Crippen molar-refractivity contribution < 1.29 is 14.4 Å². The average Bonchev–Trinajstić information content (AvgIpc) is 3.21. The van der Waals surface area contributed by atoms with Gasteiger partial charge in [0.25, 0.3) is 5.91 Å². The minimum absolute atomic E-state index is 0.148. The third-order valence-corrected chi connectivity index (χ3v) is 5.96. The number of hydrogen-bond acceptors (Lipinski definition) is 3. The standard InChI is InChI=1S/C28H27ClN4O3/c1-3-4-7-19-9-12-22(13-10-19)30-27(35)28(36)32-33-24-14-11-21(29)16-20(24)17-25(33)26(34)31-23-8-5-6-18(2)15-23/h5-6,8-17H,3-4,7H2,1-2H3,(H,30,35)(H,31,34)(H,32,36). The maximum atomic E-state index is 13.1. The van der Waals surface area contributed by atoms with Crippen LogP contribution in [0.5, 0.6) is 0 Å². The van der Waals surface area contributed by atoms with Crippen LogP contribution in [-0.4, -0.2) is 22.4 Å². The van der Waals surface area contributed by atoms with Gasteiger partial charge in [0.1, 0.15) is 5.69 Å². The summed E-state index contributed by atoms with van der Waals surface area (Å²) in [6.45, 7) is 4.06. The van der Waals surface area contributed by atoms with E-state index in [1.807, 2.05) is 37.3 Å². The molecule has 0 saturated heterocycles. The Kier molecular flexibility index (Phi) is 7.71. The predicted octanol–water partition coefficient (Wildman–Crippen LogP) is 5.91. The molecule has 0 unspecified atom stereocenters. The van der Waals surface area contributed by atoms with Gasteiger partial charge < -0.3 is 10.6 Å². The van der Waals surface area contributed by atoms with Gasteiger partial charge in [-0.2, -0.15) is 0 Å². The number of fused-ring (bicyclic) bond motifs is 1. The zero-order chi connectivity index (χ0) is 25.7. The molecule has 184 valence electrons. The fourth-order valence-corrected chi connectivity index (χ4v) is 4.05. The second-order valence-corrected chi connectivity index (χ2v) is 9.02. The number of nitrogens with zero attached hydrogens (tertiary/aromatic N) is 1. The van der Waals surface area contributed by atoms with Crippen LogP contribution in [0.4, 0.5) is 11.4 Å². The Hall–Kier alpha value is -4.10. The first-order valence-corrected chi connectivity index (χ1v) is 12.1. The first kappa shape index (κ1) is 25.0. The van der Waals surface area contributed by atoms with Crippen molar-refractivity contribution in [3.63, 3.8) is 0 Å². The van der Waals surface area contributed by atoms with Gasteiger partial charge in [0.15, 0.2) is 0 Å². The molecule has 3 amide bonds. The number of unbranched alkanes of at least 4 members (excludes halogenated alkanes) is 1. The summed E-state index contributed by atoms with van der Waals surface area (Å²) >= 11 is 6.13. The van der Waals surface area contributed by atoms with Crippen molar-refractivity contribution in [1.82, 2.24) is 4.68 Å². The topological polar surface area (TPSA) is 92.2 Å². The highest BCUT2D eigenvalue weighted by Gasteiger charge is 2.21. The van der Waals surface area contributed by atoms with Crippen LogP contribution in [0, 0.1) is 6.92 Å². The summed E-state index contributed by atoms with van der Waals surface area (Å²) in [5, 5.41) is 6.56. The largest absolute Gasteiger partial charge is 0.328 e. The molecule has 0 aliphatic heterocycles. The Morgan fingerprint density at radius 1 is 0.861 bits per heavy atom. The Balaban J connectivity index is 1.55. The highest BCUT2D eigenvalue weighted by molar-refractivity contribution is 6.42. The van der Waals surface area contributed by atoms with Gasteiger partial charge in [-0.25, -0.2) is 4.68 Å². The molecular formula is C28H27ClN4O3. The van der Waals surface area contributed by atoms with E-state index in [1.54, 1.807) is 42.5 Å². The van der Waals surface area contributed by atoms with Crippen LogP contribution in [-0.2, 0) is 16.0 Å². The number of hydrogen-bond donors (Lipinski definition) is 3. The number of nitrogens with one attached hydrogen (secondary N) is 3. The zero-order valence-electron chi connectivity index (χ0n) is 20.1. The molecule has 7 nitrogen and oxygen atoms in total. The molecule has 4 rings (SSSR count). The molecular weight excluding hydrogens is 476 g/mol. The molecule has 0 atom stereocenters. The van der Waals surface area contributed by atoms with Gasteiger partial charge in [-0.05, 0) is 79.4 Å². The molecule has 36 heavy (non-hydrogen) atoms. The Bertz CT molecular complexity index is 1430. The van der Waals surface area contributed by atoms with Crippen LogP contribution in [0.2, 0.25) is 5.02 Å². The third-order valence-electron chi connectivity index (χ3n) is 5.72. The molecule has 3 aromatic carbocycles. The lowest BCUT2D eigenvalue weighted by molar-refractivity contribution is -0.133. The molecule has 3 N–H and O–H groups in total. The molecule has 8 heteroatoms. The minimum atomic E-state index is -0.915. The maximum absolute atomic E-state index is 13.1. The van der Waals surface area contributed by atoms with Gasteiger partial charge in [0.05, 0.1) is 5.52 Å². The maximum Gasteiger partial charge on any atom is 0.328 e. The van der Waals surface area contributed by atoms with E-state index in [0.29, 0.717) is 27.3 Å². The van der Waals surface area contributed by atoms with Crippen molar-refractivity contribution in [3.8, 4) is 0 Å². The smallest absolute Gasteiger partial charge is 0.321 e. The molecule has 4 aromatic rings. The van der Waals surface area contributed by atoms with E-state index in [1.165, 1.54) is 10.2 Å². The fraction of sp³-hybridized carbons (Fsp3) is 0.179. The lowest BCUT2D eigenvalue weighted by atomic mass is 10.1. The van der Waals surface area contributed by atoms with E-state index in [4.69, 9.17) is 11.6 Å². The number of benzene rings is 3. The van der Waals surface area contributed by atoms with E-state index in [9.17, 15) is 14.4 Å². The quantitative estimate of drug-likeness (QED) is 0.274. The summed E-state index contributed by atoms with van der Waals surface area (Å²) in [4.78, 5) is 38.6. The molecule has 1 aromatic heterocycles. The second kappa shape index (κ2) is 11.1. The number of aryl methyl sites for hydroxylation is 2. The van der Waals surface area contributed by atoms with Gasteiger partial charge in [-0.3, -0.25) is 19.8 Å². The van der Waals surface area contributed by atoms with E-state index < -0.39 is 17.7 Å². The van der Waals surface area contributed by atoms with Gasteiger partial charge in [0.2, 0.25) is 0 Å². The summed E-state index contributed by atoms with van der Waals surface area (Å²) in [7, 11) is 0. The highest BCUT2D eigenvalue weighted by Crippen LogP contribution is 2.24. The molecule has 0 aliphatic carbocycles. The highest BCUT2D eigenvalue weighted by atomic mass is 35.5. The van der Waals surface area contributed by atoms with Gasteiger partial charge >= 0.3 is 11.8 Å². The summed E-state index contributed by atoms with van der Waals surface area (Å²) in [6.07, 6.45) is 3.15. The van der Waals surface area contributed by atoms with Gasteiger partial charge in [-0.1, -0.05) is 49.2 Å². The predicted molar refractivity (Wildman–Crippen MR) is 144 cm³/mol. The molecule has 0 spiro atoms. The van der Waals surface area contributed by atoms with Gasteiger partial charge in [-0.15, -0.1) is 0 Å². The van der Waals surface area contributed by atoms with Crippen LogP contribution in [0.15, 0.2) is 72.8 Å². The van der Waals surface area contributed by atoms with Crippen LogP contribution in [0.25, 0.3) is 10.9 Å². The third kappa shape index (κ3) is 5.93.